The molecule has 3 heteroatoms. The molecular weight excluding hydrogens is 252 g/mol. The summed E-state index contributed by atoms with van der Waals surface area (Å²) in [6, 6.07) is 0. The average molecular weight is 282 g/mol. The Kier molecular flexibility index (Phi) is 9.35. The van der Waals surface area contributed by atoms with Crippen LogP contribution >= 0.6 is 0 Å². The summed E-state index contributed by atoms with van der Waals surface area (Å²) in [7, 11) is 0. The average Bonchev–Trinajstić information content (AvgIpc) is 2.44. The smallest absolute Gasteiger partial charge is 0.328 e. The molecule has 0 spiro atoms. The second-order valence-electron chi connectivity index (χ2n) is 5.97. The number of hydrogen-bond donors (Lipinski definition) is 0. The van der Waals surface area contributed by atoms with Crippen LogP contribution in [0.15, 0.2) is 0 Å². The predicted molar refractivity (Wildman–Crippen MR) is 80.3 cm³/mol. The molecule has 0 aromatic heterocycles. The van der Waals surface area contributed by atoms with Crippen molar-refractivity contribution in [3.05, 3.63) is 0 Å². The highest BCUT2D eigenvalue weighted by Crippen LogP contribution is 2.22. The molecule has 0 aromatic rings. The van der Waals surface area contributed by atoms with Gasteiger partial charge in [0.25, 0.3) is 0 Å². The number of hydrogen-bond acceptors (Lipinski definition) is 3. The third-order valence-corrected chi connectivity index (χ3v) is 4.12. The maximum atomic E-state index is 10.9. The van der Waals surface area contributed by atoms with E-state index < -0.39 is 5.92 Å². The van der Waals surface area contributed by atoms with Gasteiger partial charge in [0.15, 0.2) is 5.92 Å². The van der Waals surface area contributed by atoms with Gasteiger partial charge in [-0.05, 0) is 6.42 Å². The van der Waals surface area contributed by atoms with Crippen LogP contribution in [0.25, 0.3) is 0 Å². The van der Waals surface area contributed by atoms with Crippen LogP contribution < -0.4 is 0 Å². The van der Waals surface area contributed by atoms with Crippen molar-refractivity contribution in [3.63, 3.8) is 0 Å². The molecule has 0 unspecified atom stereocenters. The Hall–Kier alpha value is -0.860. The van der Waals surface area contributed by atoms with E-state index in [0.717, 1.165) is 12.8 Å². The molecule has 0 radical (unpaired) electrons. The van der Waals surface area contributed by atoms with Crippen LogP contribution in [0.2, 0.25) is 0 Å². The van der Waals surface area contributed by atoms with Crippen molar-refractivity contribution >= 4 is 11.9 Å². The van der Waals surface area contributed by atoms with Gasteiger partial charge in [-0.3, -0.25) is 9.59 Å². The van der Waals surface area contributed by atoms with Crippen LogP contribution in [0.1, 0.15) is 90.4 Å². The first-order valence-electron chi connectivity index (χ1n) is 8.51. The van der Waals surface area contributed by atoms with Gasteiger partial charge in [-0.25, -0.2) is 0 Å². The van der Waals surface area contributed by atoms with Crippen LogP contribution in [0.5, 0.6) is 0 Å². The van der Waals surface area contributed by atoms with E-state index in [0.29, 0.717) is 6.42 Å². The van der Waals surface area contributed by atoms with Crippen molar-refractivity contribution in [2.24, 2.45) is 5.92 Å². The lowest BCUT2D eigenvalue weighted by Crippen LogP contribution is -2.40. The topological polar surface area (TPSA) is 43.4 Å². The van der Waals surface area contributed by atoms with Gasteiger partial charge < -0.3 is 4.74 Å². The molecule has 1 heterocycles. The third kappa shape index (κ3) is 7.06. The summed E-state index contributed by atoms with van der Waals surface area (Å²) < 4.78 is 4.33. The largest absolute Gasteiger partial charge is 0.392 e. The number of carbonyl (C=O) groups is 2. The van der Waals surface area contributed by atoms with Gasteiger partial charge in [0, 0.05) is 0 Å². The van der Waals surface area contributed by atoms with E-state index in [2.05, 4.69) is 11.7 Å². The zero-order valence-corrected chi connectivity index (χ0v) is 13.0. The maximum Gasteiger partial charge on any atom is 0.328 e. The lowest BCUT2D eigenvalue weighted by Gasteiger charge is -2.21. The Morgan fingerprint density at radius 2 is 1.10 bits per heavy atom. The molecule has 20 heavy (non-hydrogen) atoms. The molecule has 0 amide bonds. The summed E-state index contributed by atoms with van der Waals surface area (Å²) in [5, 5.41) is 0. The molecule has 0 aliphatic carbocycles. The predicted octanol–water partition coefficient (Wildman–Crippen LogP) is 4.78. The molecule has 0 aromatic carbocycles. The summed E-state index contributed by atoms with van der Waals surface area (Å²) in [4.78, 5) is 21.9. The summed E-state index contributed by atoms with van der Waals surface area (Å²) in [6.07, 6.45) is 16.3. The van der Waals surface area contributed by atoms with Crippen LogP contribution in [0, 0.1) is 5.92 Å². The second kappa shape index (κ2) is 10.9. The van der Waals surface area contributed by atoms with E-state index in [1.165, 1.54) is 64.2 Å². The molecule has 1 fully saturated rings. The van der Waals surface area contributed by atoms with Gasteiger partial charge in [-0.15, -0.1) is 0 Å². The lowest BCUT2D eigenvalue weighted by molar-refractivity contribution is -0.184. The van der Waals surface area contributed by atoms with Crippen molar-refractivity contribution in [2.45, 2.75) is 90.4 Å². The van der Waals surface area contributed by atoms with E-state index in [1.807, 2.05) is 0 Å². The quantitative estimate of drug-likeness (QED) is 0.277. The standard InChI is InChI=1S/C17H30O3/c1-2-3-4-5-6-7-8-9-10-11-12-13-14-15-16(18)20-17(15)19/h15H,2-14H2,1H3. The lowest BCUT2D eigenvalue weighted by atomic mass is 9.97. The first kappa shape index (κ1) is 17.2. The van der Waals surface area contributed by atoms with Crippen molar-refractivity contribution in [1.82, 2.24) is 0 Å². The Balaban J connectivity index is 1.74. The van der Waals surface area contributed by atoms with E-state index in [-0.39, 0.29) is 11.9 Å². The molecule has 0 bridgehead atoms. The third-order valence-electron chi connectivity index (χ3n) is 4.12. The summed E-state index contributed by atoms with van der Waals surface area (Å²) in [5.74, 6) is -1.07. The Morgan fingerprint density at radius 3 is 1.50 bits per heavy atom. The normalized spacial score (nSPS) is 15.2. The molecule has 116 valence electrons. The minimum Gasteiger partial charge on any atom is -0.392 e. The van der Waals surface area contributed by atoms with Gasteiger partial charge in [-0.2, -0.15) is 0 Å². The molecule has 3 nitrogen and oxygen atoms in total. The highest BCUT2D eigenvalue weighted by Gasteiger charge is 2.40. The maximum absolute atomic E-state index is 10.9. The highest BCUT2D eigenvalue weighted by atomic mass is 16.6. The fourth-order valence-electron chi connectivity index (χ4n) is 2.70. The Bertz CT molecular complexity index is 272. The summed E-state index contributed by atoms with van der Waals surface area (Å²) >= 11 is 0. The van der Waals surface area contributed by atoms with Gasteiger partial charge in [0.1, 0.15) is 0 Å². The van der Waals surface area contributed by atoms with Gasteiger partial charge >= 0.3 is 11.9 Å². The summed E-state index contributed by atoms with van der Waals surface area (Å²) in [5.41, 5.74) is 0. The molecular formula is C17H30O3. The van der Waals surface area contributed by atoms with Crippen molar-refractivity contribution in [1.29, 1.82) is 0 Å². The van der Waals surface area contributed by atoms with Crippen LogP contribution in [0.4, 0.5) is 0 Å². The zero-order chi connectivity index (χ0) is 14.6. The van der Waals surface area contributed by atoms with E-state index in [4.69, 9.17) is 0 Å². The first-order chi connectivity index (χ1) is 9.75. The van der Waals surface area contributed by atoms with E-state index in [9.17, 15) is 9.59 Å². The molecule has 0 atom stereocenters. The number of cyclic esters (lactones) is 2. The molecule has 0 saturated carbocycles. The van der Waals surface area contributed by atoms with Gasteiger partial charge in [0.2, 0.25) is 0 Å². The first-order valence-corrected chi connectivity index (χ1v) is 8.51. The number of esters is 2. The molecule has 1 aliphatic heterocycles. The Labute approximate surface area is 123 Å². The van der Waals surface area contributed by atoms with Crippen molar-refractivity contribution in [3.8, 4) is 0 Å². The molecule has 1 saturated heterocycles. The van der Waals surface area contributed by atoms with Crippen LogP contribution in [-0.2, 0) is 14.3 Å². The van der Waals surface area contributed by atoms with Crippen LogP contribution in [0.3, 0.4) is 0 Å². The number of ether oxygens (including phenoxy) is 1. The van der Waals surface area contributed by atoms with E-state index >= 15 is 0 Å². The molecule has 1 rings (SSSR count). The second-order valence-corrected chi connectivity index (χ2v) is 5.97. The molecule has 0 N–H and O–H groups in total. The van der Waals surface area contributed by atoms with E-state index in [1.54, 1.807) is 0 Å². The fraction of sp³-hybridized carbons (Fsp3) is 0.882. The SMILES string of the molecule is CCCCCCCCCCCCCCC1C(=O)OC1=O. The van der Waals surface area contributed by atoms with Gasteiger partial charge in [-0.1, -0.05) is 84.0 Å². The van der Waals surface area contributed by atoms with Gasteiger partial charge in [0.05, 0.1) is 0 Å². The minimum absolute atomic E-state index is 0.321. The number of rotatable bonds is 13. The monoisotopic (exact) mass is 282 g/mol. The highest BCUT2D eigenvalue weighted by molar-refractivity contribution is 6.09. The zero-order valence-electron chi connectivity index (χ0n) is 13.0. The van der Waals surface area contributed by atoms with Crippen molar-refractivity contribution < 1.29 is 14.3 Å². The minimum atomic E-state index is -0.432. The van der Waals surface area contributed by atoms with Crippen LogP contribution in [-0.4, -0.2) is 11.9 Å². The summed E-state index contributed by atoms with van der Waals surface area (Å²) in [6.45, 7) is 2.25. The van der Waals surface area contributed by atoms with Crippen molar-refractivity contribution in [2.75, 3.05) is 0 Å². The molecule has 1 aliphatic rings. The number of unbranched alkanes of at least 4 members (excludes halogenated alkanes) is 11. The Morgan fingerprint density at radius 1 is 0.700 bits per heavy atom. The fourth-order valence-corrected chi connectivity index (χ4v) is 2.70. The number of carbonyl (C=O) groups excluding carboxylic acids is 2.